The van der Waals surface area contributed by atoms with Crippen LogP contribution in [0.15, 0.2) is 0 Å². The second kappa shape index (κ2) is 13.7. The molecule has 5 heterocycles. The van der Waals surface area contributed by atoms with Crippen LogP contribution in [0.3, 0.4) is 0 Å². The molecule has 11 nitrogen and oxygen atoms in total. The van der Waals surface area contributed by atoms with Crippen molar-refractivity contribution in [3.8, 4) is 0 Å². The first-order chi connectivity index (χ1) is 22.0. The molecule has 11 heteroatoms. The molecule has 5 rings (SSSR count). The van der Waals surface area contributed by atoms with Gasteiger partial charge in [-0.25, -0.2) is 0 Å². The largest absolute Gasteiger partial charge is 0.481 e. The number of aliphatic hydroxyl groups is 3. The van der Waals surface area contributed by atoms with Crippen LogP contribution in [0.25, 0.3) is 0 Å². The van der Waals surface area contributed by atoms with E-state index in [4.69, 9.17) is 28.4 Å². The first-order valence-corrected chi connectivity index (χ1v) is 18.1. The number of rotatable bonds is 10. The summed E-state index contributed by atoms with van der Waals surface area (Å²) < 4.78 is 39.4. The fourth-order valence-corrected chi connectivity index (χ4v) is 9.91. The Morgan fingerprint density at radius 1 is 1.02 bits per heavy atom. The average molecular weight is 671 g/mol. The number of carbonyl (C=O) groups is 1. The van der Waals surface area contributed by atoms with Gasteiger partial charge in [-0.05, 0) is 64.2 Å². The lowest BCUT2D eigenvalue weighted by atomic mass is 9.78. The topological polar surface area (TPSA) is 153 Å². The lowest BCUT2D eigenvalue weighted by molar-refractivity contribution is -0.336. The van der Waals surface area contributed by atoms with Crippen LogP contribution in [-0.2, 0) is 33.2 Å². The summed E-state index contributed by atoms with van der Waals surface area (Å²) in [5.41, 5.74) is -1.15. The van der Waals surface area contributed by atoms with Gasteiger partial charge in [0, 0.05) is 37.7 Å². The van der Waals surface area contributed by atoms with Crippen molar-refractivity contribution in [1.82, 2.24) is 0 Å². The molecule has 0 aromatic rings. The van der Waals surface area contributed by atoms with Gasteiger partial charge in [-0.2, -0.15) is 0 Å². The Hall–Kier alpha value is -0.890. The lowest BCUT2D eigenvalue weighted by Gasteiger charge is -2.49. The molecule has 47 heavy (non-hydrogen) atoms. The summed E-state index contributed by atoms with van der Waals surface area (Å²) in [6.45, 7) is 15.6. The summed E-state index contributed by atoms with van der Waals surface area (Å²) in [5, 5.41) is 41.8. The average Bonchev–Trinajstić information content (AvgIpc) is 3.73. The van der Waals surface area contributed by atoms with E-state index in [1.165, 1.54) is 7.11 Å². The first-order valence-electron chi connectivity index (χ1n) is 18.1. The molecular formula is C36H62O11. The van der Waals surface area contributed by atoms with E-state index in [0.717, 1.165) is 32.1 Å². The number of methoxy groups -OCH3 is 1. The number of ether oxygens (including phenoxy) is 6. The van der Waals surface area contributed by atoms with Crippen LogP contribution in [0.4, 0.5) is 0 Å². The molecule has 0 radical (unpaired) electrons. The molecule has 0 saturated carbocycles. The van der Waals surface area contributed by atoms with E-state index in [0.29, 0.717) is 19.3 Å². The SMILES string of the molecule is CC[C@@]1([C@H]2O[C@@H]([C@H]3O[C@@](O)(CO)[C@H](C)C[C@@H]3C)C[C@@H]2C)CC[C@H]([C@]2(C)CC[C@]3(CC(O)[C@@H](C)[C@@H]([C@@H](C)[C@@H](OC)C(C)C(=O)O)O3)O2)O1. The third-order valence-corrected chi connectivity index (χ3v) is 13.0. The maximum absolute atomic E-state index is 11.8. The molecule has 2 unspecified atom stereocenters. The molecule has 0 aliphatic carbocycles. The Morgan fingerprint density at radius 3 is 2.34 bits per heavy atom. The predicted octanol–water partition coefficient (Wildman–Crippen LogP) is 4.27. The Bertz CT molecular complexity index is 1110. The molecule has 5 aliphatic heterocycles. The molecule has 5 fully saturated rings. The summed E-state index contributed by atoms with van der Waals surface area (Å²) in [7, 11) is 1.52. The van der Waals surface area contributed by atoms with Gasteiger partial charge in [0.2, 0.25) is 0 Å². The van der Waals surface area contributed by atoms with Crippen molar-refractivity contribution in [3.05, 3.63) is 0 Å². The third kappa shape index (κ3) is 6.67. The van der Waals surface area contributed by atoms with E-state index in [-0.39, 0.29) is 54.0 Å². The zero-order valence-corrected chi connectivity index (χ0v) is 30.0. The monoisotopic (exact) mass is 670 g/mol. The predicted molar refractivity (Wildman–Crippen MR) is 172 cm³/mol. The van der Waals surface area contributed by atoms with E-state index in [1.54, 1.807) is 6.92 Å². The molecule has 272 valence electrons. The standard InChI is InChI=1S/C36H62O11/c1-10-34(31-20(3)16-26(43-31)28-19(2)15-21(4)36(41,18-37)46-28)12-11-27(44-34)33(8)13-14-35(47-33)17-25(38)22(5)30(45-35)23(6)29(42-9)24(7)32(39)40/h19-31,37-38,41H,10-18H2,1-9H3,(H,39,40)/t19-,20-,21+,22+,23-,24?,25?,26+,27+,28-,29+,30-,31-,33-,34-,35+,36-/m0/s1. The molecule has 17 atom stereocenters. The minimum absolute atomic E-state index is 0.153. The van der Waals surface area contributed by atoms with Crippen LogP contribution in [-0.4, -0.2) is 106 Å². The smallest absolute Gasteiger partial charge is 0.308 e. The van der Waals surface area contributed by atoms with Gasteiger partial charge < -0.3 is 48.8 Å². The molecule has 0 aromatic carbocycles. The Labute approximate surface area is 281 Å². The molecule has 0 bridgehead atoms. The maximum atomic E-state index is 11.8. The van der Waals surface area contributed by atoms with Gasteiger partial charge in [0.05, 0.1) is 66.5 Å². The van der Waals surface area contributed by atoms with Crippen LogP contribution < -0.4 is 0 Å². The van der Waals surface area contributed by atoms with E-state index in [2.05, 4.69) is 27.7 Å². The second-order valence-corrected chi connectivity index (χ2v) is 16.3. The molecule has 4 N–H and O–H groups in total. The fraction of sp³-hybridized carbons (Fsp3) is 0.972. The molecule has 0 amide bonds. The van der Waals surface area contributed by atoms with Gasteiger partial charge in [-0.15, -0.1) is 0 Å². The van der Waals surface area contributed by atoms with Crippen LogP contribution in [0.2, 0.25) is 0 Å². The number of carboxylic acid groups (broad SMARTS) is 1. The first kappa shape index (κ1) is 37.4. The minimum Gasteiger partial charge on any atom is -0.481 e. The van der Waals surface area contributed by atoms with Gasteiger partial charge in [0.25, 0.3) is 0 Å². The highest BCUT2D eigenvalue weighted by atomic mass is 16.7. The lowest BCUT2D eigenvalue weighted by Crippen LogP contribution is -2.57. The van der Waals surface area contributed by atoms with Crippen molar-refractivity contribution in [2.75, 3.05) is 13.7 Å². The highest BCUT2D eigenvalue weighted by Crippen LogP contribution is 2.55. The molecule has 5 aliphatic rings. The van der Waals surface area contributed by atoms with Crippen LogP contribution in [0, 0.1) is 35.5 Å². The zero-order valence-electron chi connectivity index (χ0n) is 30.0. The van der Waals surface area contributed by atoms with Crippen molar-refractivity contribution >= 4 is 5.97 Å². The van der Waals surface area contributed by atoms with Crippen LogP contribution in [0.5, 0.6) is 0 Å². The number of carboxylic acids is 1. The van der Waals surface area contributed by atoms with Crippen molar-refractivity contribution in [3.63, 3.8) is 0 Å². The maximum Gasteiger partial charge on any atom is 0.308 e. The van der Waals surface area contributed by atoms with Crippen LogP contribution in [0.1, 0.15) is 107 Å². The second-order valence-electron chi connectivity index (χ2n) is 16.3. The summed E-state index contributed by atoms with van der Waals surface area (Å²) in [4.78, 5) is 11.8. The quantitative estimate of drug-likeness (QED) is 0.264. The van der Waals surface area contributed by atoms with E-state index in [9.17, 15) is 25.2 Å². The third-order valence-electron chi connectivity index (χ3n) is 13.0. The van der Waals surface area contributed by atoms with E-state index < -0.39 is 59.6 Å². The van der Waals surface area contributed by atoms with Crippen molar-refractivity contribution in [1.29, 1.82) is 0 Å². The van der Waals surface area contributed by atoms with Crippen molar-refractivity contribution in [2.45, 2.75) is 172 Å². The van der Waals surface area contributed by atoms with Crippen molar-refractivity contribution < 1.29 is 53.6 Å². The summed E-state index contributed by atoms with van der Waals surface area (Å²) in [6.07, 6.45) is 2.99. The van der Waals surface area contributed by atoms with Gasteiger partial charge in [0.15, 0.2) is 11.6 Å². The van der Waals surface area contributed by atoms with Gasteiger partial charge in [0.1, 0.15) is 0 Å². The molecule has 1 spiro atoms. The number of hydrogen-bond acceptors (Lipinski definition) is 10. The van der Waals surface area contributed by atoms with Crippen molar-refractivity contribution in [2.24, 2.45) is 35.5 Å². The summed E-state index contributed by atoms with van der Waals surface area (Å²) >= 11 is 0. The van der Waals surface area contributed by atoms with Crippen LogP contribution >= 0.6 is 0 Å². The fourth-order valence-electron chi connectivity index (χ4n) is 9.91. The molecule has 5 saturated heterocycles. The Kier molecular flexibility index (Phi) is 10.9. The van der Waals surface area contributed by atoms with E-state index >= 15 is 0 Å². The minimum atomic E-state index is -1.56. The Balaban J connectivity index is 1.29. The summed E-state index contributed by atoms with van der Waals surface area (Å²) in [5.74, 6) is -4.52. The number of aliphatic hydroxyl groups excluding tert-OH is 2. The molecule has 0 aromatic heterocycles. The number of aliphatic carboxylic acids is 1. The zero-order chi connectivity index (χ0) is 34.7. The van der Waals surface area contributed by atoms with Gasteiger partial charge >= 0.3 is 5.97 Å². The van der Waals surface area contributed by atoms with Gasteiger partial charge in [-0.1, -0.05) is 41.5 Å². The number of hydrogen-bond donors (Lipinski definition) is 4. The van der Waals surface area contributed by atoms with E-state index in [1.807, 2.05) is 20.8 Å². The molecular weight excluding hydrogens is 608 g/mol. The highest BCUT2D eigenvalue weighted by Gasteiger charge is 2.62. The Morgan fingerprint density at radius 2 is 1.72 bits per heavy atom. The van der Waals surface area contributed by atoms with Gasteiger partial charge in [-0.3, -0.25) is 4.79 Å². The summed E-state index contributed by atoms with van der Waals surface area (Å²) in [6, 6.07) is 0. The normalized spacial score (nSPS) is 50.9. The highest BCUT2D eigenvalue weighted by molar-refractivity contribution is 5.70.